The smallest absolute Gasteiger partial charge is 0.318 e. The predicted octanol–water partition coefficient (Wildman–Crippen LogP) is 2.82. The normalized spacial score (nSPS) is 10.1. The Morgan fingerprint density at radius 2 is 1.87 bits per heavy atom. The van der Waals surface area contributed by atoms with Gasteiger partial charge in [0.2, 0.25) is 0 Å². The van der Waals surface area contributed by atoms with Gasteiger partial charge in [0.1, 0.15) is 0 Å². The molecule has 0 unspecified atom stereocenters. The molecule has 5 heteroatoms. The minimum atomic E-state index is -0.126. The van der Waals surface area contributed by atoms with E-state index in [1.54, 1.807) is 23.2 Å². The number of aromatic nitrogens is 2. The fourth-order valence-corrected chi connectivity index (χ4v) is 2.29. The Bertz CT molecular complexity index is 639. The van der Waals surface area contributed by atoms with Crippen LogP contribution in [-0.2, 0) is 13.1 Å². The molecule has 1 N–H and O–H groups in total. The van der Waals surface area contributed by atoms with E-state index in [9.17, 15) is 4.79 Å². The first kappa shape index (κ1) is 16.5. The maximum atomic E-state index is 12.2. The van der Waals surface area contributed by atoms with E-state index in [4.69, 9.17) is 0 Å². The third-order valence-corrected chi connectivity index (χ3v) is 3.43. The second-order valence-corrected chi connectivity index (χ2v) is 5.11. The summed E-state index contributed by atoms with van der Waals surface area (Å²) in [5.74, 6) is 0. The van der Waals surface area contributed by atoms with Gasteiger partial charge in [-0.1, -0.05) is 36.4 Å². The molecular weight excluding hydrogens is 288 g/mol. The van der Waals surface area contributed by atoms with Crippen LogP contribution in [0.1, 0.15) is 11.1 Å². The van der Waals surface area contributed by atoms with E-state index in [-0.39, 0.29) is 6.03 Å². The lowest BCUT2D eigenvalue weighted by Gasteiger charge is -2.20. The van der Waals surface area contributed by atoms with Gasteiger partial charge in [-0.15, -0.1) is 13.2 Å². The summed E-state index contributed by atoms with van der Waals surface area (Å²) in [6.07, 6.45) is 7.08. The van der Waals surface area contributed by atoms with E-state index in [1.807, 2.05) is 35.1 Å². The largest absolute Gasteiger partial charge is 0.334 e. The van der Waals surface area contributed by atoms with E-state index in [1.165, 1.54) is 0 Å². The second-order valence-electron chi connectivity index (χ2n) is 5.11. The van der Waals surface area contributed by atoms with Crippen LogP contribution in [-0.4, -0.2) is 33.8 Å². The highest BCUT2D eigenvalue weighted by atomic mass is 16.2. The molecule has 0 atom stereocenters. The maximum Gasteiger partial charge on any atom is 0.318 e. The highest BCUT2D eigenvalue weighted by molar-refractivity contribution is 5.74. The Kier molecular flexibility index (Phi) is 6.17. The van der Waals surface area contributed by atoms with Crippen LogP contribution in [0.15, 0.2) is 68.0 Å². The van der Waals surface area contributed by atoms with E-state index in [0.717, 1.165) is 11.1 Å². The molecule has 2 amide bonds. The van der Waals surface area contributed by atoms with E-state index >= 15 is 0 Å². The third-order valence-electron chi connectivity index (χ3n) is 3.43. The molecule has 0 bridgehead atoms. The lowest BCUT2D eigenvalue weighted by atomic mass is 10.1. The Morgan fingerprint density at radius 3 is 2.48 bits per heavy atom. The molecule has 1 aromatic carbocycles. The first-order chi connectivity index (χ1) is 11.2. The fourth-order valence-electron chi connectivity index (χ4n) is 2.29. The summed E-state index contributed by atoms with van der Waals surface area (Å²) >= 11 is 0. The minimum Gasteiger partial charge on any atom is -0.334 e. The zero-order chi connectivity index (χ0) is 16.5. The molecule has 0 fully saturated rings. The molecule has 0 aliphatic carbocycles. The van der Waals surface area contributed by atoms with Crippen LogP contribution in [0, 0.1) is 0 Å². The monoisotopic (exact) mass is 310 g/mol. The topological polar surface area (TPSA) is 50.2 Å². The number of amides is 2. The lowest BCUT2D eigenvalue weighted by molar-refractivity contribution is 0.208. The van der Waals surface area contributed by atoms with Crippen molar-refractivity contribution in [3.8, 4) is 0 Å². The Labute approximate surface area is 136 Å². The van der Waals surface area contributed by atoms with Gasteiger partial charge in [-0.05, 0) is 17.2 Å². The number of hydrogen-bond acceptors (Lipinski definition) is 2. The number of carbonyl (C=O) groups excluding carboxylic acids is 1. The molecule has 0 saturated heterocycles. The molecular formula is C18H22N4O. The molecule has 0 spiro atoms. The van der Waals surface area contributed by atoms with Crippen molar-refractivity contribution in [3.05, 3.63) is 79.2 Å². The number of nitrogens with one attached hydrogen (secondary N) is 1. The van der Waals surface area contributed by atoms with Crippen LogP contribution in [0.3, 0.4) is 0 Å². The summed E-state index contributed by atoms with van der Waals surface area (Å²) in [5.41, 5.74) is 2.21. The third kappa shape index (κ3) is 4.85. The molecule has 0 saturated carbocycles. The lowest BCUT2D eigenvalue weighted by Crippen LogP contribution is -2.39. The molecule has 120 valence electrons. The van der Waals surface area contributed by atoms with Gasteiger partial charge >= 0.3 is 6.03 Å². The average molecular weight is 310 g/mol. The van der Waals surface area contributed by atoms with Crippen LogP contribution in [0.5, 0.6) is 0 Å². The van der Waals surface area contributed by atoms with Crippen LogP contribution in [0.2, 0.25) is 0 Å². The summed E-state index contributed by atoms with van der Waals surface area (Å²) in [4.78, 5) is 13.9. The van der Waals surface area contributed by atoms with Crippen molar-refractivity contribution in [1.82, 2.24) is 20.0 Å². The van der Waals surface area contributed by atoms with Gasteiger partial charge < -0.3 is 10.2 Å². The van der Waals surface area contributed by atoms with Crippen LogP contribution in [0.25, 0.3) is 0 Å². The fraction of sp³-hybridized carbons (Fsp3) is 0.222. The van der Waals surface area contributed by atoms with Gasteiger partial charge in [-0.25, -0.2) is 4.79 Å². The summed E-state index contributed by atoms with van der Waals surface area (Å²) < 4.78 is 1.86. The first-order valence-electron chi connectivity index (χ1n) is 7.53. The quantitative estimate of drug-likeness (QED) is 0.762. The molecule has 0 aliphatic heterocycles. The SMILES string of the molecule is C=CCN(CC=C)C(=O)NCc1ccccc1Cn1cccn1. The first-order valence-corrected chi connectivity index (χ1v) is 7.53. The molecule has 2 rings (SSSR count). The van der Waals surface area contributed by atoms with Crippen LogP contribution < -0.4 is 5.32 Å². The highest BCUT2D eigenvalue weighted by Crippen LogP contribution is 2.10. The highest BCUT2D eigenvalue weighted by Gasteiger charge is 2.11. The number of benzene rings is 1. The second kappa shape index (κ2) is 8.58. The maximum absolute atomic E-state index is 12.2. The molecule has 23 heavy (non-hydrogen) atoms. The number of carbonyl (C=O) groups is 1. The van der Waals surface area contributed by atoms with E-state index < -0.39 is 0 Å². The van der Waals surface area contributed by atoms with Crippen molar-refractivity contribution in [2.24, 2.45) is 0 Å². The van der Waals surface area contributed by atoms with Gasteiger partial charge in [0.15, 0.2) is 0 Å². The Morgan fingerprint density at radius 1 is 1.17 bits per heavy atom. The summed E-state index contributed by atoms with van der Waals surface area (Å²) in [6, 6.07) is 9.80. The van der Waals surface area contributed by atoms with Crippen molar-refractivity contribution >= 4 is 6.03 Å². The average Bonchev–Trinajstić information content (AvgIpc) is 3.06. The predicted molar refractivity (Wildman–Crippen MR) is 92.0 cm³/mol. The Balaban J connectivity index is 2.01. The Hall–Kier alpha value is -2.82. The molecule has 2 aromatic rings. The zero-order valence-electron chi connectivity index (χ0n) is 13.2. The standard InChI is InChI=1S/C18H22N4O/c1-3-11-21(12-4-2)18(23)19-14-16-8-5-6-9-17(16)15-22-13-7-10-20-22/h3-10,13H,1-2,11-12,14-15H2,(H,19,23). The molecule has 0 aliphatic rings. The van der Waals surface area contributed by atoms with Gasteiger partial charge in [0, 0.05) is 32.0 Å². The van der Waals surface area contributed by atoms with Gasteiger partial charge in [-0.3, -0.25) is 4.68 Å². The summed E-state index contributed by atoms with van der Waals surface area (Å²) in [6.45, 7) is 9.49. The molecule has 1 heterocycles. The zero-order valence-corrected chi connectivity index (χ0v) is 13.2. The van der Waals surface area contributed by atoms with E-state index in [2.05, 4.69) is 29.6 Å². The van der Waals surface area contributed by atoms with Crippen molar-refractivity contribution in [3.63, 3.8) is 0 Å². The van der Waals surface area contributed by atoms with Crippen molar-refractivity contribution in [2.75, 3.05) is 13.1 Å². The number of hydrogen-bond donors (Lipinski definition) is 1. The van der Waals surface area contributed by atoms with Gasteiger partial charge in [0.25, 0.3) is 0 Å². The van der Waals surface area contributed by atoms with Crippen molar-refractivity contribution in [1.29, 1.82) is 0 Å². The minimum absolute atomic E-state index is 0.126. The number of urea groups is 1. The number of rotatable bonds is 8. The molecule has 5 nitrogen and oxygen atoms in total. The van der Waals surface area contributed by atoms with Gasteiger partial charge in [-0.2, -0.15) is 5.10 Å². The molecule has 0 radical (unpaired) electrons. The van der Waals surface area contributed by atoms with Crippen molar-refractivity contribution in [2.45, 2.75) is 13.1 Å². The summed E-state index contributed by atoms with van der Waals surface area (Å²) in [5, 5.41) is 7.17. The van der Waals surface area contributed by atoms with Gasteiger partial charge in [0.05, 0.1) is 6.54 Å². The van der Waals surface area contributed by atoms with Crippen molar-refractivity contribution < 1.29 is 4.79 Å². The summed E-state index contributed by atoms with van der Waals surface area (Å²) in [7, 11) is 0. The number of nitrogens with zero attached hydrogens (tertiary/aromatic N) is 3. The van der Waals surface area contributed by atoms with E-state index in [0.29, 0.717) is 26.2 Å². The van der Waals surface area contributed by atoms with Crippen LogP contribution in [0.4, 0.5) is 4.79 Å². The van der Waals surface area contributed by atoms with Crippen LogP contribution >= 0.6 is 0 Å². The molecule has 1 aromatic heterocycles.